The van der Waals surface area contributed by atoms with Crippen molar-refractivity contribution in [2.45, 2.75) is 36.5 Å². The summed E-state index contributed by atoms with van der Waals surface area (Å²) >= 11 is 25.0. The molecule has 0 aromatic heterocycles. The summed E-state index contributed by atoms with van der Waals surface area (Å²) in [6, 6.07) is 4.77. The third-order valence-corrected chi connectivity index (χ3v) is 7.63. The predicted molar refractivity (Wildman–Crippen MR) is 150 cm³/mol. The molecule has 0 unspecified atom stereocenters. The van der Waals surface area contributed by atoms with E-state index in [1.54, 1.807) is 0 Å². The van der Waals surface area contributed by atoms with Crippen LogP contribution in [0, 0.1) is 0 Å². The van der Waals surface area contributed by atoms with E-state index in [1.807, 2.05) is 0 Å². The minimum absolute atomic E-state index is 0.0375. The maximum absolute atomic E-state index is 13.3. The van der Waals surface area contributed by atoms with Gasteiger partial charge in [0.05, 0.1) is 56.3 Å². The van der Waals surface area contributed by atoms with E-state index in [0.29, 0.717) is 12.8 Å². The SMILES string of the molecule is C=C(C)C(=O)OCCCOc1c(Cl)cc(S(=O)(=O)c2cc(Cl)c(OCCCOC(=O)C(=C)C)c(Cl)c2)cc1Cl. The van der Waals surface area contributed by atoms with E-state index in [-0.39, 0.29) is 79.0 Å². The standard InChI is InChI=1S/C26H26Cl4O8S/c1-15(2)25(31)37-9-5-7-35-23-19(27)11-17(12-20(23)28)39(33,34)18-13-21(29)24(22(30)14-18)36-8-6-10-38-26(32)16(3)4/h11-14H,1,3,5-10H2,2,4H3. The van der Waals surface area contributed by atoms with Crippen LogP contribution in [0.25, 0.3) is 0 Å². The fourth-order valence-corrected chi connectivity index (χ4v) is 5.65. The van der Waals surface area contributed by atoms with Gasteiger partial charge in [-0.25, -0.2) is 18.0 Å². The van der Waals surface area contributed by atoms with Gasteiger partial charge >= 0.3 is 11.9 Å². The van der Waals surface area contributed by atoms with Crippen molar-refractivity contribution in [1.29, 1.82) is 0 Å². The smallest absolute Gasteiger partial charge is 0.333 e. The fourth-order valence-electron chi connectivity index (χ4n) is 2.84. The summed E-state index contributed by atoms with van der Waals surface area (Å²) in [4.78, 5) is 22.4. The number of ether oxygens (including phenoxy) is 4. The van der Waals surface area contributed by atoms with Crippen molar-refractivity contribution in [3.8, 4) is 11.5 Å². The summed E-state index contributed by atoms with van der Waals surface area (Å²) in [7, 11) is -4.14. The second-order valence-corrected chi connectivity index (χ2v) is 11.8. The Morgan fingerprint density at radius 3 is 1.26 bits per heavy atom. The first kappa shape index (κ1) is 32.8. The van der Waals surface area contributed by atoms with Crippen LogP contribution >= 0.6 is 46.4 Å². The van der Waals surface area contributed by atoms with E-state index in [0.717, 1.165) is 0 Å². The Morgan fingerprint density at radius 2 is 0.974 bits per heavy atom. The molecule has 2 aromatic rings. The first-order chi connectivity index (χ1) is 18.2. The molecule has 0 saturated heterocycles. The lowest BCUT2D eigenvalue weighted by atomic mass is 10.3. The summed E-state index contributed by atoms with van der Waals surface area (Å²) < 4.78 is 47.6. The van der Waals surface area contributed by atoms with Crippen LogP contribution in [0.3, 0.4) is 0 Å². The highest BCUT2D eigenvalue weighted by Gasteiger charge is 2.24. The summed E-state index contributed by atoms with van der Waals surface area (Å²) in [5.74, 6) is -0.862. The Balaban J connectivity index is 2.09. The number of halogens is 4. The van der Waals surface area contributed by atoms with Crippen LogP contribution in [0.5, 0.6) is 11.5 Å². The molecule has 0 aliphatic heterocycles. The van der Waals surface area contributed by atoms with Crippen molar-refractivity contribution in [3.63, 3.8) is 0 Å². The van der Waals surface area contributed by atoms with Gasteiger partial charge in [-0.3, -0.25) is 0 Å². The van der Waals surface area contributed by atoms with Gasteiger partial charge in [0.25, 0.3) is 0 Å². The summed E-state index contributed by atoms with van der Waals surface area (Å²) in [5, 5.41) is -0.150. The lowest BCUT2D eigenvalue weighted by molar-refractivity contribution is -0.140. The molecular formula is C26H26Cl4O8S. The van der Waals surface area contributed by atoms with Crippen LogP contribution in [0.1, 0.15) is 26.7 Å². The van der Waals surface area contributed by atoms with Crippen molar-refractivity contribution in [2.75, 3.05) is 26.4 Å². The molecule has 0 aliphatic carbocycles. The zero-order chi connectivity index (χ0) is 29.3. The van der Waals surface area contributed by atoms with Crippen LogP contribution in [-0.2, 0) is 28.9 Å². The molecule has 212 valence electrons. The van der Waals surface area contributed by atoms with Gasteiger partial charge in [-0.1, -0.05) is 59.6 Å². The zero-order valence-corrected chi connectivity index (χ0v) is 25.0. The number of carbonyl (C=O) groups is 2. The number of esters is 2. The van der Waals surface area contributed by atoms with Gasteiger partial charge in [0, 0.05) is 24.0 Å². The Kier molecular flexibility index (Phi) is 12.5. The number of hydrogen-bond donors (Lipinski definition) is 0. The number of carbonyl (C=O) groups excluding carboxylic acids is 2. The van der Waals surface area contributed by atoms with Gasteiger partial charge in [-0.15, -0.1) is 0 Å². The van der Waals surface area contributed by atoms with Crippen LogP contribution < -0.4 is 9.47 Å². The highest BCUT2D eigenvalue weighted by molar-refractivity contribution is 7.91. The van der Waals surface area contributed by atoms with Gasteiger partial charge < -0.3 is 18.9 Å². The average molecular weight is 640 g/mol. The summed E-state index contributed by atoms with van der Waals surface area (Å²) in [5.41, 5.74) is 0.560. The van der Waals surface area contributed by atoms with Crippen LogP contribution in [-0.4, -0.2) is 46.8 Å². The van der Waals surface area contributed by atoms with E-state index in [4.69, 9.17) is 65.4 Å². The molecule has 0 N–H and O–H groups in total. The molecule has 0 spiro atoms. The van der Waals surface area contributed by atoms with Crippen molar-refractivity contribution in [2.24, 2.45) is 0 Å². The molecule has 2 aromatic carbocycles. The molecule has 0 heterocycles. The van der Waals surface area contributed by atoms with Gasteiger partial charge in [0.15, 0.2) is 11.5 Å². The Bertz CT molecular complexity index is 1230. The lowest BCUT2D eigenvalue weighted by Gasteiger charge is -2.14. The third kappa shape index (κ3) is 9.32. The van der Waals surface area contributed by atoms with Crippen molar-refractivity contribution in [3.05, 3.63) is 68.7 Å². The minimum atomic E-state index is -4.14. The molecule has 0 saturated carbocycles. The zero-order valence-electron chi connectivity index (χ0n) is 21.2. The van der Waals surface area contributed by atoms with Gasteiger partial charge in [-0.05, 0) is 38.1 Å². The Labute approximate surface area is 247 Å². The van der Waals surface area contributed by atoms with Crippen LogP contribution in [0.4, 0.5) is 0 Å². The Hall–Kier alpha value is -2.43. The predicted octanol–water partition coefficient (Wildman–Crippen LogP) is 6.91. The normalized spacial score (nSPS) is 11.0. The first-order valence-corrected chi connectivity index (χ1v) is 14.4. The molecule has 13 heteroatoms. The van der Waals surface area contributed by atoms with E-state index >= 15 is 0 Å². The van der Waals surface area contributed by atoms with Crippen molar-refractivity contribution in [1.82, 2.24) is 0 Å². The van der Waals surface area contributed by atoms with Crippen LogP contribution in [0.15, 0.2) is 58.4 Å². The quantitative estimate of drug-likeness (QED) is 0.125. The molecule has 0 radical (unpaired) electrons. The second-order valence-electron chi connectivity index (χ2n) is 8.17. The van der Waals surface area contributed by atoms with E-state index in [9.17, 15) is 18.0 Å². The molecule has 0 atom stereocenters. The molecule has 8 nitrogen and oxygen atoms in total. The van der Waals surface area contributed by atoms with E-state index in [1.165, 1.54) is 38.1 Å². The molecule has 0 amide bonds. The largest absolute Gasteiger partial charge is 0.490 e. The highest BCUT2D eigenvalue weighted by Crippen LogP contribution is 2.40. The first-order valence-electron chi connectivity index (χ1n) is 11.4. The number of sulfone groups is 1. The minimum Gasteiger partial charge on any atom is -0.490 e. The van der Waals surface area contributed by atoms with Gasteiger partial charge in [0.1, 0.15) is 0 Å². The topological polar surface area (TPSA) is 105 Å². The van der Waals surface area contributed by atoms with Crippen molar-refractivity contribution < 1.29 is 37.0 Å². The summed E-state index contributed by atoms with van der Waals surface area (Å²) in [6.07, 6.45) is 0.688. The highest BCUT2D eigenvalue weighted by atomic mass is 35.5. The number of hydrogen-bond acceptors (Lipinski definition) is 8. The van der Waals surface area contributed by atoms with Crippen LogP contribution in [0.2, 0.25) is 20.1 Å². The lowest BCUT2D eigenvalue weighted by Crippen LogP contribution is -2.10. The monoisotopic (exact) mass is 638 g/mol. The maximum atomic E-state index is 13.3. The third-order valence-electron chi connectivity index (χ3n) is 4.80. The molecule has 0 aliphatic rings. The Morgan fingerprint density at radius 1 is 0.667 bits per heavy atom. The van der Waals surface area contributed by atoms with Gasteiger partial charge in [-0.2, -0.15) is 0 Å². The van der Waals surface area contributed by atoms with E-state index < -0.39 is 21.8 Å². The number of benzene rings is 2. The summed E-state index contributed by atoms with van der Waals surface area (Å²) in [6.45, 7) is 10.5. The average Bonchev–Trinajstić information content (AvgIpc) is 2.85. The fraction of sp³-hybridized carbons (Fsp3) is 0.308. The second kappa shape index (κ2) is 14.8. The molecule has 0 fully saturated rings. The van der Waals surface area contributed by atoms with E-state index in [2.05, 4.69) is 13.2 Å². The molecular weight excluding hydrogens is 614 g/mol. The van der Waals surface area contributed by atoms with Crippen molar-refractivity contribution >= 4 is 68.2 Å². The van der Waals surface area contributed by atoms with Gasteiger partial charge in [0.2, 0.25) is 9.84 Å². The molecule has 39 heavy (non-hydrogen) atoms. The maximum Gasteiger partial charge on any atom is 0.333 e. The number of rotatable bonds is 14. The molecule has 2 rings (SSSR count). The molecule has 0 bridgehead atoms.